The van der Waals surface area contributed by atoms with Crippen molar-refractivity contribution in [2.24, 2.45) is 5.73 Å². The van der Waals surface area contributed by atoms with E-state index >= 15 is 0 Å². The Labute approximate surface area is 105 Å². The fourth-order valence-corrected chi connectivity index (χ4v) is 1.72. The average Bonchev–Trinajstić information content (AvgIpc) is 2.77. The first kappa shape index (κ1) is 12.0. The fourth-order valence-electron chi connectivity index (χ4n) is 1.56. The van der Waals surface area contributed by atoms with E-state index in [1.165, 1.54) is 0 Å². The highest BCUT2D eigenvalue weighted by Gasteiger charge is 2.06. The van der Waals surface area contributed by atoms with Crippen LogP contribution < -0.4 is 10.5 Å². The van der Waals surface area contributed by atoms with Gasteiger partial charge in [-0.1, -0.05) is 17.7 Å². The Morgan fingerprint density at radius 2 is 2.18 bits per heavy atom. The van der Waals surface area contributed by atoms with Gasteiger partial charge in [0, 0.05) is 10.6 Å². The molecule has 2 rings (SSSR count). The van der Waals surface area contributed by atoms with Crippen molar-refractivity contribution in [1.29, 1.82) is 0 Å². The number of nitrogens with two attached hydrogens (primary N) is 1. The SMILES string of the molecule is Cc1ccc(Cl)cc1OCc1ccoc1CN. The lowest BCUT2D eigenvalue weighted by molar-refractivity contribution is 0.300. The van der Waals surface area contributed by atoms with Crippen LogP contribution in [0.4, 0.5) is 0 Å². The van der Waals surface area contributed by atoms with Gasteiger partial charge < -0.3 is 14.9 Å². The van der Waals surface area contributed by atoms with Crippen molar-refractivity contribution in [2.45, 2.75) is 20.1 Å². The first-order valence-electron chi connectivity index (χ1n) is 5.35. The van der Waals surface area contributed by atoms with Gasteiger partial charge in [-0.15, -0.1) is 0 Å². The van der Waals surface area contributed by atoms with Gasteiger partial charge in [-0.2, -0.15) is 0 Å². The van der Waals surface area contributed by atoms with Crippen LogP contribution in [-0.2, 0) is 13.2 Å². The topological polar surface area (TPSA) is 48.4 Å². The summed E-state index contributed by atoms with van der Waals surface area (Å²) in [5, 5.41) is 0.664. The number of hydrogen-bond donors (Lipinski definition) is 1. The van der Waals surface area contributed by atoms with E-state index in [0.29, 0.717) is 18.2 Å². The summed E-state index contributed by atoms with van der Waals surface area (Å²) in [5.41, 5.74) is 7.56. The van der Waals surface area contributed by atoms with E-state index < -0.39 is 0 Å². The fraction of sp³-hybridized carbons (Fsp3) is 0.231. The van der Waals surface area contributed by atoms with E-state index in [1.54, 1.807) is 12.3 Å². The molecule has 0 amide bonds. The molecule has 1 aromatic heterocycles. The third-order valence-corrected chi connectivity index (χ3v) is 2.79. The maximum absolute atomic E-state index is 5.92. The summed E-state index contributed by atoms with van der Waals surface area (Å²) in [4.78, 5) is 0. The van der Waals surface area contributed by atoms with E-state index in [9.17, 15) is 0 Å². The number of benzene rings is 1. The van der Waals surface area contributed by atoms with Gasteiger partial charge in [-0.25, -0.2) is 0 Å². The van der Waals surface area contributed by atoms with Crippen LogP contribution in [-0.4, -0.2) is 0 Å². The van der Waals surface area contributed by atoms with Crippen molar-refractivity contribution in [3.8, 4) is 5.75 Å². The maximum atomic E-state index is 5.92. The minimum atomic E-state index is 0.375. The van der Waals surface area contributed by atoms with Crippen LogP contribution in [0, 0.1) is 6.92 Å². The molecule has 0 spiro atoms. The van der Waals surface area contributed by atoms with E-state index in [-0.39, 0.29) is 0 Å². The van der Waals surface area contributed by atoms with Crippen LogP contribution in [0.2, 0.25) is 5.02 Å². The Hall–Kier alpha value is -1.45. The van der Waals surface area contributed by atoms with Gasteiger partial charge in [-0.05, 0) is 30.7 Å². The average molecular weight is 252 g/mol. The van der Waals surface area contributed by atoms with Gasteiger partial charge in [0.1, 0.15) is 18.1 Å². The van der Waals surface area contributed by atoms with Crippen molar-refractivity contribution in [3.63, 3.8) is 0 Å². The molecule has 0 bridgehead atoms. The normalized spacial score (nSPS) is 10.5. The molecule has 17 heavy (non-hydrogen) atoms. The molecule has 0 saturated carbocycles. The monoisotopic (exact) mass is 251 g/mol. The summed E-state index contributed by atoms with van der Waals surface area (Å²) in [6.45, 7) is 2.79. The Balaban J connectivity index is 2.09. The number of rotatable bonds is 4. The van der Waals surface area contributed by atoms with Crippen LogP contribution >= 0.6 is 11.6 Å². The molecule has 2 N–H and O–H groups in total. The predicted molar refractivity (Wildman–Crippen MR) is 67.1 cm³/mol. The van der Waals surface area contributed by atoms with Gasteiger partial charge in [0.05, 0.1) is 12.8 Å². The zero-order chi connectivity index (χ0) is 12.3. The third kappa shape index (κ3) is 2.81. The van der Waals surface area contributed by atoms with Crippen molar-refractivity contribution in [1.82, 2.24) is 0 Å². The van der Waals surface area contributed by atoms with Crippen LogP contribution in [0.1, 0.15) is 16.9 Å². The van der Waals surface area contributed by atoms with Gasteiger partial charge in [0.2, 0.25) is 0 Å². The molecule has 90 valence electrons. The summed E-state index contributed by atoms with van der Waals surface area (Å²) in [7, 11) is 0. The molecular weight excluding hydrogens is 238 g/mol. The molecule has 0 aliphatic rings. The Kier molecular flexibility index (Phi) is 3.71. The zero-order valence-electron chi connectivity index (χ0n) is 9.57. The van der Waals surface area contributed by atoms with E-state index in [4.69, 9.17) is 26.5 Å². The molecule has 0 radical (unpaired) electrons. The largest absolute Gasteiger partial charge is 0.488 e. The number of furan rings is 1. The highest BCUT2D eigenvalue weighted by atomic mass is 35.5. The van der Waals surface area contributed by atoms with Gasteiger partial charge >= 0.3 is 0 Å². The Bertz CT molecular complexity index is 508. The summed E-state index contributed by atoms with van der Waals surface area (Å²) in [5.74, 6) is 1.53. The molecule has 1 heterocycles. The Morgan fingerprint density at radius 1 is 1.35 bits per heavy atom. The molecule has 2 aromatic rings. The molecule has 0 aliphatic carbocycles. The second-order valence-electron chi connectivity index (χ2n) is 3.77. The summed E-state index contributed by atoms with van der Waals surface area (Å²) in [6.07, 6.45) is 1.62. The lowest BCUT2D eigenvalue weighted by Gasteiger charge is -2.09. The van der Waals surface area contributed by atoms with Crippen molar-refractivity contribution >= 4 is 11.6 Å². The summed E-state index contributed by atoms with van der Waals surface area (Å²) >= 11 is 5.92. The van der Waals surface area contributed by atoms with Crippen molar-refractivity contribution < 1.29 is 9.15 Å². The highest BCUT2D eigenvalue weighted by Crippen LogP contribution is 2.24. The molecular formula is C13H14ClNO2. The summed E-state index contributed by atoms with van der Waals surface area (Å²) in [6, 6.07) is 7.44. The predicted octanol–water partition coefficient (Wildman–Crippen LogP) is 3.28. The minimum Gasteiger partial charge on any atom is -0.488 e. The number of aryl methyl sites for hydroxylation is 1. The first-order valence-corrected chi connectivity index (χ1v) is 5.72. The molecule has 0 saturated heterocycles. The molecule has 4 heteroatoms. The standard InChI is InChI=1S/C13H14ClNO2/c1-9-2-3-11(14)6-12(9)17-8-10-4-5-16-13(10)7-15/h2-6H,7-8,15H2,1H3. The van der Waals surface area contributed by atoms with Crippen LogP contribution in [0.3, 0.4) is 0 Å². The first-order chi connectivity index (χ1) is 8.20. The second-order valence-corrected chi connectivity index (χ2v) is 4.21. The molecule has 3 nitrogen and oxygen atoms in total. The van der Waals surface area contributed by atoms with Gasteiger partial charge in [-0.3, -0.25) is 0 Å². The number of hydrogen-bond acceptors (Lipinski definition) is 3. The van der Waals surface area contributed by atoms with E-state index in [2.05, 4.69) is 0 Å². The zero-order valence-corrected chi connectivity index (χ0v) is 10.3. The minimum absolute atomic E-state index is 0.375. The van der Waals surface area contributed by atoms with Crippen LogP contribution in [0.5, 0.6) is 5.75 Å². The lowest BCUT2D eigenvalue weighted by atomic mass is 10.2. The van der Waals surface area contributed by atoms with E-state index in [0.717, 1.165) is 22.6 Å². The quantitative estimate of drug-likeness (QED) is 0.907. The number of halogens is 1. The van der Waals surface area contributed by atoms with Crippen molar-refractivity contribution in [3.05, 3.63) is 52.4 Å². The molecule has 0 fully saturated rings. The molecule has 0 unspecified atom stereocenters. The number of ether oxygens (including phenoxy) is 1. The highest BCUT2D eigenvalue weighted by molar-refractivity contribution is 6.30. The van der Waals surface area contributed by atoms with Crippen LogP contribution in [0.25, 0.3) is 0 Å². The smallest absolute Gasteiger partial charge is 0.124 e. The Morgan fingerprint density at radius 3 is 2.94 bits per heavy atom. The molecule has 1 aromatic carbocycles. The lowest BCUT2D eigenvalue weighted by Crippen LogP contribution is -2.02. The van der Waals surface area contributed by atoms with Crippen LogP contribution in [0.15, 0.2) is 34.9 Å². The van der Waals surface area contributed by atoms with Gasteiger partial charge in [0.15, 0.2) is 0 Å². The molecule has 0 atom stereocenters. The van der Waals surface area contributed by atoms with E-state index in [1.807, 2.05) is 25.1 Å². The second kappa shape index (κ2) is 5.25. The third-order valence-electron chi connectivity index (χ3n) is 2.56. The summed E-state index contributed by atoms with van der Waals surface area (Å²) < 4.78 is 10.9. The molecule has 0 aliphatic heterocycles. The van der Waals surface area contributed by atoms with Crippen molar-refractivity contribution in [2.75, 3.05) is 0 Å². The van der Waals surface area contributed by atoms with Gasteiger partial charge in [0.25, 0.3) is 0 Å². The maximum Gasteiger partial charge on any atom is 0.124 e.